The maximum atomic E-state index is 3.55. The van der Waals surface area contributed by atoms with Gasteiger partial charge < -0.3 is 10.2 Å². The second kappa shape index (κ2) is 5.54. The third-order valence-electron chi connectivity index (χ3n) is 4.98. The van der Waals surface area contributed by atoms with Crippen LogP contribution in [0.4, 0.5) is 5.69 Å². The number of fused-ring (bicyclic) bond motifs is 1. The molecule has 3 unspecified atom stereocenters. The van der Waals surface area contributed by atoms with E-state index >= 15 is 0 Å². The molecule has 3 rings (SSSR count). The van der Waals surface area contributed by atoms with Crippen LogP contribution in [0, 0.1) is 11.8 Å². The summed E-state index contributed by atoms with van der Waals surface area (Å²) in [5, 5.41) is 3.55. The van der Waals surface area contributed by atoms with Crippen LogP contribution in [0.15, 0.2) is 24.3 Å². The van der Waals surface area contributed by atoms with Gasteiger partial charge in [-0.1, -0.05) is 31.5 Å². The van der Waals surface area contributed by atoms with Crippen LogP contribution in [-0.4, -0.2) is 19.6 Å². The molecular formula is C17H26N2. The molecule has 1 aliphatic heterocycles. The zero-order valence-electron chi connectivity index (χ0n) is 12.2. The molecule has 0 radical (unpaired) electrons. The number of hydrogen-bond donors (Lipinski definition) is 1. The Hall–Kier alpha value is -1.02. The van der Waals surface area contributed by atoms with E-state index < -0.39 is 0 Å². The predicted octanol–water partition coefficient (Wildman–Crippen LogP) is 3.59. The van der Waals surface area contributed by atoms with Crippen molar-refractivity contribution in [2.75, 3.05) is 24.5 Å². The summed E-state index contributed by atoms with van der Waals surface area (Å²) in [5.41, 5.74) is 2.93. The Morgan fingerprint density at radius 2 is 1.89 bits per heavy atom. The van der Waals surface area contributed by atoms with Crippen LogP contribution >= 0.6 is 0 Å². The first-order valence-corrected chi connectivity index (χ1v) is 7.87. The minimum absolute atomic E-state index is 0.446. The molecular weight excluding hydrogens is 232 g/mol. The smallest absolute Gasteiger partial charge is 0.0414 e. The molecule has 1 aliphatic carbocycles. The van der Waals surface area contributed by atoms with E-state index in [1.807, 2.05) is 0 Å². The zero-order valence-corrected chi connectivity index (χ0v) is 12.2. The molecule has 0 bridgehead atoms. The van der Waals surface area contributed by atoms with Gasteiger partial charge in [-0.2, -0.15) is 0 Å². The Morgan fingerprint density at radius 1 is 1.21 bits per heavy atom. The minimum atomic E-state index is 0.446. The quantitative estimate of drug-likeness (QED) is 0.888. The third-order valence-corrected chi connectivity index (χ3v) is 4.98. The molecule has 1 heterocycles. The van der Waals surface area contributed by atoms with Crippen LogP contribution in [-0.2, 0) is 0 Å². The fourth-order valence-electron chi connectivity index (χ4n) is 3.99. The number of nitrogens with one attached hydrogen (secondary N) is 1. The average molecular weight is 258 g/mol. The van der Waals surface area contributed by atoms with Crippen molar-refractivity contribution in [1.82, 2.24) is 5.32 Å². The SMILES string of the molecule is CCNC(C)c1ccccc1N1CC2CCCC2C1. The Labute approximate surface area is 117 Å². The molecule has 0 spiro atoms. The van der Waals surface area contributed by atoms with Gasteiger partial charge in [0.2, 0.25) is 0 Å². The molecule has 0 aromatic heterocycles. The lowest BCUT2D eigenvalue weighted by Crippen LogP contribution is -2.25. The van der Waals surface area contributed by atoms with E-state index in [2.05, 4.69) is 48.3 Å². The summed E-state index contributed by atoms with van der Waals surface area (Å²) in [6, 6.07) is 9.40. The van der Waals surface area contributed by atoms with Gasteiger partial charge >= 0.3 is 0 Å². The van der Waals surface area contributed by atoms with E-state index in [0.717, 1.165) is 18.4 Å². The van der Waals surface area contributed by atoms with Crippen LogP contribution in [0.1, 0.15) is 44.7 Å². The monoisotopic (exact) mass is 258 g/mol. The maximum absolute atomic E-state index is 3.55. The van der Waals surface area contributed by atoms with Crippen LogP contribution in [0.5, 0.6) is 0 Å². The van der Waals surface area contributed by atoms with E-state index in [-0.39, 0.29) is 0 Å². The molecule has 0 amide bonds. The molecule has 1 saturated carbocycles. The number of nitrogens with zero attached hydrogens (tertiary/aromatic N) is 1. The van der Waals surface area contributed by atoms with E-state index in [1.54, 1.807) is 0 Å². The van der Waals surface area contributed by atoms with Crippen molar-refractivity contribution in [2.45, 2.75) is 39.2 Å². The highest BCUT2D eigenvalue weighted by molar-refractivity contribution is 5.56. The number of hydrogen-bond acceptors (Lipinski definition) is 2. The van der Waals surface area contributed by atoms with Gasteiger partial charge in [-0.15, -0.1) is 0 Å². The molecule has 3 atom stereocenters. The summed E-state index contributed by atoms with van der Waals surface area (Å²) in [6.45, 7) is 8.04. The average Bonchev–Trinajstić information content (AvgIpc) is 2.99. The molecule has 1 aromatic rings. The Balaban J connectivity index is 1.81. The van der Waals surface area contributed by atoms with E-state index in [4.69, 9.17) is 0 Å². The maximum Gasteiger partial charge on any atom is 0.0414 e. The van der Waals surface area contributed by atoms with Gasteiger partial charge in [0.15, 0.2) is 0 Å². The second-order valence-electron chi connectivity index (χ2n) is 6.19. The standard InChI is InChI=1S/C17H26N2/c1-3-18-13(2)16-9-4-5-10-17(16)19-11-14-7-6-8-15(14)12-19/h4-5,9-10,13-15,18H,3,6-8,11-12H2,1-2H3. The van der Waals surface area contributed by atoms with Crippen LogP contribution in [0.3, 0.4) is 0 Å². The summed E-state index contributed by atoms with van der Waals surface area (Å²) < 4.78 is 0. The molecule has 1 aromatic carbocycles. The summed E-state index contributed by atoms with van der Waals surface area (Å²) in [4.78, 5) is 2.64. The fourth-order valence-corrected chi connectivity index (χ4v) is 3.99. The van der Waals surface area contributed by atoms with Crippen LogP contribution in [0.25, 0.3) is 0 Å². The van der Waals surface area contributed by atoms with E-state index in [9.17, 15) is 0 Å². The molecule has 1 saturated heterocycles. The first kappa shape index (κ1) is 13.0. The molecule has 2 heteroatoms. The van der Waals surface area contributed by atoms with Crippen molar-refractivity contribution in [3.05, 3.63) is 29.8 Å². The van der Waals surface area contributed by atoms with Gasteiger partial charge in [-0.05, 0) is 49.8 Å². The number of anilines is 1. The van der Waals surface area contributed by atoms with Crippen molar-refractivity contribution < 1.29 is 0 Å². The summed E-state index contributed by atoms with van der Waals surface area (Å²) in [5.74, 6) is 1.92. The van der Waals surface area contributed by atoms with Crippen molar-refractivity contribution >= 4 is 5.69 Å². The topological polar surface area (TPSA) is 15.3 Å². The summed E-state index contributed by atoms with van der Waals surface area (Å²) in [6.07, 6.45) is 4.36. The van der Waals surface area contributed by atoms with Gasteiger partial charge in [-0.25, -0.2) is 0 Å². The molecule has 1 N–H and O–H groups in total. The van der Waals surface area contributed by atoms with Crippen LogP contribution in [0.2, 0.25) is 0 Å². The fraction of sp³-hybridized carbons (Fsp3) is 0.647. The van der Waals surface area contributed by atoms with Crippen molar-refractivity contribution in [1.29, 1.82) is 0 Å². The lowest BCUT2D eigenvalue weighted by molar-refractivity contribution is 0.494. The van der Waals surface area contributed by atoms with Gasteiger partial charge in [-0.3, -0.25) is 0 Å². The minimum Gasteiger partial charge on any atom is -0.371 e. The van der Waals surface area contributed by atoms with Gasteiger partial charge in [0.1, 0.15) is 0 Å². The molecule has 19 heavy (non-hydrogen) atoms. The van der Waals surface area contributed by atoms with Crippen molar-refractivity contribution in [3.63, 3.8) is 0 Å². The molecule has 104 valence electrons. The first-order valence-electron chi connectivity index (χ1n) is 7.87. The van der Waals surface area contributed by atoms with Crippen LogP contribution < -0.4 is 10.2 Å². The Kier molecular flexibility index (Phi) is 3.79. The lowest BCUT2D eigenvalue weighted by Gasteiger charge is -2.26. The first-order chi connectivity index (χ1) is 9.29. The van der Waals surface area contributed by atoms with E-state index in [0.29, 0.717) is 6.04 Å². The highest BCUT2D eigenvalue weighted by Gasteiger charge is 2.36. The van der Waals surface area contributed by atoms with Crippen molar-refractivity contribution in [2.24, 2.45) is 11.8 Å². The largest absolute Gasteiger partial charge is 0.371 e. The zero-order chi connectivity index (χ0) is 13.2. The van der Waals surface area contributed by atoms with Gasteiger partial charge in [0.05, 0.1) is 0 Å². The summed E-state index contributed by atoms with van der Waals surface area (Å²) >= 11 is 0. The summed E-state index contributed by atoms with van der Waals surface area (Å²) in [7, 11) is 0. The van der Waals surface area contributed by atoms with Crippen molar-refractivity contribution in [3.8, 4) is 0 Å². The second-order valence-corrected chi connectivity index (χ2v) is 6.19. The van der Waals surface area contributed by atoms with Gasteiger partial charge in [0, 0.05) is 24.8 Å². The molecule has 2 nitrogen and oxygen atoms in total. The number of benzene rings is 1. The molecule has 2 aliphatic rings. The molecule has 2 fully saturated rings. The Bertz CT molecular complexity index is 417. The third kappa shape index (κ3) is 2.51. The van der Waals surface area contributed by atoms with Gasteiger partial charge in [0.25, 0.3) is 0 Å². The Morgan fingerprint density at radius 3 is 2.58 bits per heavy atom. The lowest BCUT2D eigenvalue weighted by atomic mass is 10.0. The predicted molar refractivity (Wildman–Crippen MR) is 81.6 cm³/mol. The highest BCUT2D eigenvalue weighted by Crippen LogP contribution is 2.41. The normalized spacial score (nSPS) is 27.6. The highest BCUT2D eigenvalue weighted by atomic mass is 15.2. The number of para-hydroxylation sites is 1. The van der Waals surface area contributed by atoms with E-state index in [1.165, 1.54) is 43.6 Å². The number of rotatable bonds is 4.